The molecule has 3 heterocycles. The molecule has 27 heavy (non-hydrogen) atoms. The van der Waals surface area contributed by atoms with E-state index in [4.69, 9.17) is 11.6 Å². The van der Waals surface area contributed by atoms with Gasteiger partial charge in [0.2, 0.25) is 10.0 Å². The molecule has 1 N–H and O–H groups in total. The summed E-state index contributed by atoms with van der Waals surface area (Å²) in [5.74, 6) is 1.11. The predicted octanol–water partition coefficient (Wildman–Crippen LogP) is 2.16. The van der Waals surface area contributed by atoms with Gasteiger partial charge in [-0.3, -0.25) is 0 Å². The average Bonchev–Trinajstić information content (AvgIpc) is 3.08. The number of hydrogen-bond acceptors (Lipinski definition) is 5. The Morgan fingerprint density at radius 3 is 2.67 bits per heavy atom. The highest BCUT2D eigenvalue weighted by Gasteiger charge is 2.34. The Labute approximate surface area is 168 Å². The van der Waals surface area contributed by atoms with Crippen molar-refractivity contribution in [1.82, 2.24) is 24.4 Å². The summed E-state index contributed by atoms with van der Waals surface area (Å²) in [5, 5.41) is 11.6. The topological polar surface area (TPSA) is 80.1 Å². The van der Waals surface area contributed by atoms with Crippen LogP contribution in [0.1, 0.15) is 30.4 Å². The Morgan fingerprint density at radius 2 is 1.93 bits per heavy atom. The molecule has 0 bridgehead atoms. The normalized spacial score (nSPS) is 18.7. The van der Waals surface area contributed by atoms with Crippen LogP contribution in [0.2, 0.25) is 5.02 Å². The average molecular weight is 436 g/mol. The summed E-state index contributed by atoms with van der Waals surface area (Å²) in [4.78, 5) is -0.366. The van der Waals surface area contributed by atoms with Gasteiger partial charge < -0.3 is 9.88 Å². The number of nitrogens with zero attached hydrogens (tertiary/aromatic N) is 4. The van der Waals surface area contributed by atoms with E-state index in [1.807, 2.05) is 0 Å². The molecule has 0 atom stereocenters. The van der Waals surface area contributed by atoms with Gasteiger partial charge >= 0.3 is 0 Å². The van der Waals surface area contributed by atoms with Crippen molar-refractivity contribution in [3.63, 3.8) is 0 Å². The van der Waals surface area contributed by atoms with Crippen molar-refractivity contribution in [2.45, 2.75) is 36.7 Å². The Kier molecular flexibility index (Phi) is 6.07. The second-order valence-corrected chi connectivity index (χ2v) is 8.85. The lowest BCUT2D eigenvalue weighted by atomic mass is 9.97. The first-order valence-corrected chi connectivity index (χ1v) is 10.4. The molecule has 0 spiro atoms. The van der Waals surface area contributed by atoms with E-state index in [0.29, 0.717) is 32.5 Å². The molecule has 11 heteroatoms. The van der Waals surface area contributed by atoms with Crippen LogP contribution in [0.15, 0.2) is 23.1 Å². The molecule has 0 saturated carbocycles. The van der Waals surface area contributed by atoms with E-state index in [1.165, 1.54) is 22.5 Å². The fraction of sp³-hybridized carbons (Fsp3) is 0.500. The molecule has 1 saturated heterocycles. The van der Waals surface area contributed by atoms with Crippen LogP contribution >= 0.6 is 24.0 Å². The first-order valence-electron chi connectivity index (χ1n) is 8.55. The molecule has 2 aliphatic rings. The van der Waals surface area contributed by atoms with Crippen LogP contribution in [0, 0.1) is 5.82 Å². The van der Waals surface area contributed by atoms with Crippen molar-refractivity contribution in [3.05, 3.63) is 40.7 Å². The van der Waals surface area contributed by atoms with Crippen molar-refractivity contribution in [2.75, 3.05) is 19.6 Å². The minimum Gasteiger partial charge on any atom is -0.312 e. The van der Waals surface area contributed by atoms with Crippen molar-refractivity contribution in [1.29, 1.82) is 0 Å². The fourth-order valence-corrected chi connectivity index (χ4v) is 5.38. The summed E-state index contributed by atoms with van der Waals surface area (Å²) in [6.45, 7) is 3.04. The molecule has 2 aliphatic heterocycles. The van der Waals surface area contributed by atoms with Gasteiger partial charge in [-0.2, -0.15) is 4.31 Å². The molecule has 0 aliphatic carbocycles. The second kappa shape index (κ2) is 8.00. The van der Waals surface area contributed by atoms with Crippen molar-refractivity contribution < 1.29 is 12.8 Å². The molecule has 1 aromatic carbocycles. The van der Waals surface area contributed by atoms with E-state index < -0.39 is 15.8 Å². The number of aromatic nitrogens is 3. The molecule has 4 rings (SSSR count). The Morgan fingerprint density at radius 1 is 1.19 bits per heavy atom. The maximum Gasteiger partial charge on any atom is 0.246 e. The maximum absolute atomic E-state index is 14.2. The van der Waals surface area contributed by atoms with E-state index in [1.54, 1.807) is 0 Å². The number of piperidine rings is 1. The van der Waals surface area contributed by atoms with Crippen LogP contribution in [0.4, 0.5) is 4.39 Å². The zero-order chi connectivity index (χ0) is 18.3. The number of sulfonamides is 1. The number of hydrogen-bond donors (Lipinski definition) is 1. The standard InChI is InChI=1S/C16H19ClFN5O2S.ClH/c17-12-2-1-3-13(15(12)18)26(24,25)22-7-4-11(5-8-22)16-21-20-14-10-19-6-9-23(14)16;/h1-3,11,19H,4-10H2;1H. The quantitative estimate of drug-likeness (QED) is 0.798. The van der Waals surface area contributed by atoms with Crippen LogP contribution in [0.3, 0.4) is 0 Å². The van der Waals surface area contributed by atoms with Crippen molar-refractivity contribution in [2.24, 2.45) is 0 Å². The van der Waals surface area contributed by atoms with Gasteiger partial charge in [-0.15, -0.1) is 22.6 Å². The summed E-state index contributed by atoms with van der Waals surface area (Å²) in [6.07, 6.45) is 1.26. The summed E-state index contributed by atoms with van der Waals surface area (Å²) in [7, 11) is -3.90. The Balaban J connectivity index is 0.00000210. The van der Waals surface area contributed by atoms with Gasteiger partial charge in [0.15, 0.2) is 5.82 Å². The van der Waals surface area contributed by atoms with Crippen LogP contribution in [0.5, 0.6) is 0 Å². The van der Waals surface area contributed by atoms with E-state index in [-0.39, 0.29) is 28.2 Å². The minimum absolute atomic E-state index is 0. The zero-order valence-corrected chi connectivity index (χ0v) is 16.8. The molecular weight excluding hydrogens is 416 g/mol. The minimum atomic E-state index is -3.90. The lowest BCUT2D eigenvalue weighted by Gasteiger charge is -2.31. The highest BCUT2D eigenvalue weighted by atomic mass is 35.5. The highest BCUT2D eigenvalue weighted by Crippen LogP contribution is 2.32. The van der Waals surface area contributed by atoms with Gasteiger partial charge in [-0.25, -0.2) is 12.8 Å². The van der Waals surface area contributed by atoms with Crippen molar-refractivity contribution >= 4 is 34.0 Å². The van der Waals surface area contributed by atoms with Gasteiger partial charge in [0.25, 0.3) is 0 Å². The van der Waals surface area contributed by atoms with E-state index in [0.717, 1.165) is 24.7 Å². The largest absolute Gasteiger partial charge is 0.312 e. The molecule has 1 fully saturated rings. The third-order valence-electron chi connectivity index (χ3n) is 5.00. The molecule has 1 aromatic heterocycles. The number of fused-ring (bicyclic) bond motifs is 1. The smallest absolute Gasteiger partial charge is 0.246 e. The second-order valence-electron chi connectivity index (χ2n) is 6.53. The number of halogens is 3. The summed E-state index contributed by atoms with van der Waals surface area (Å²) in [6, 6.07) is 4.04. The fourth-order valence-electron chi connectivity index (χ4n) is 3.59. The van der Waals surface area contributed by atoms with E-state index in [9.17, 15) is 12.8 Å². The lowest BCUT2D eigenvalue weighted by molar-refractivity contribution is 0.306. The lowest BCUT2D eigenvalue weighted by Crippen LogP contribution is -2.39. The van der Waals surface area contributed by atoms with Crippen LogP contribution in [-0.2, 0) is 23.1 Å². The monoisotopic (exact) mass is 435 g/mol. The van der Waals surface area contributed by atoms with Gasteiger partial charge in [0.1, 0.15) is 16.5 Å². The zero-order valence-electron chi connectivity index (χ0n) is 14.4. The number of benzene rings is 1. The molecule has 0 unspecified atom stereocenters. The van der Waals surface area contributed by atoms with Gasteiger partial charge in [0.05, 0.1) is 11.6 Å². The van der Waals surface area contributed by atoms with Gasteiger partial charge in [0, 0.05) is 32.1 Å². The van der Waals surface area contributed by atoms with Gasteiger partial charge in [-0.05, 0) is 25.0 Å². The molecular formula is C16H20Cl2FN5O2S. The highest BCUT2D eigenvalue weighted by molar-refractivity contribution is 7.89. The SMILES string of the molecule is Cl.O=S(=O)(c1cccc(Cl)c1F)N1CCC(c2nnc3n2CCNC3)CC1. The molecule has 0 radical (unpaired) electrons. The Hall–Kier alpha value is -1.26. The van der Waals surface area contributed by atoms with Crippen LogP contribution < -0.4 is 5.32 Å². The number of nitrogens with one attached hydrogen (secondary N) is 1. The first kappa shape index (κ1) is 20.5. The van der Waals surface area contributed by atoms with E-state index in [2.05, 4.69) is 20.1 Å². The predicted molar refractivity (Wildman–Crippen MR) is 101 cm³/mol. The van der Waals surface area contributed by atoms with Gasteiger partial charge in [-0.1, -0.05) is 17.7 Å². The van der Waals surface area contributed by atoms with Crippen LogP contribution in [-0.4, -0.2) is 47.1 Å². The molecule has 148 valence electrons. The summed E-state index contributed by atoms with van der Waals surface area (Å²) in [5.41, 5.74) is 0. The number of rotatable bonds is 3. The Bertz CT molecular complexity index is 929. The molecule has 0 amide bonds. The third-order valence-corrected chi connectivity index (χ3v) is 7.21. The van der Waals surface area contributed by atoms with E-state index >= 15 is 0 Å². The third kappa shape index (κ3) is 3.71. The summed E-state index contributed by atoms with van der Waals surface area (Å²) >= 11 is 5.74. The maximum atomic E-state index is 14.2. The first-order chi connectivity index (χ1) is 12.5. The molecule has 2 aromatic rings. The van der Waals surface area contributed by atoms with Crippen LogP contribution in [0.25, 0.3) is 0 Å². The summed E-state index contributed by atoms with van der Waals surface area (Å²) < 4.78 is 43.2. The molecule has 7 nitrogen and oxygen atoms in total. The van der Waals surface area contributed by atoms with Crippen molar-refractivity contribution in [3.8, 4) is 0 Å².